The molecular weight excluding hydrogens is 433 g/mol. The molecule has 1 saturated carbocycles. The van der Waals surface area contributed by atoms with Crippen LogP contribution in [0.3, 0.4) is 0 Å². The summed E-state index contributed by atoms with van der Waals surface area (Å²) in [6, 6.07) is 7.05. The predicted molar refractivity (Wildman–Crippen MR) is 144 cm³/mol. The summed E-state index contributed by atoms with van der Waals surface area (Å²) < 4.78 is 14.5. The van der Waals surface area contributed by atoms with Gasteiger partial charge in [-0.2, -0.15) is 0 Å². The third-order valence-electron chi connectivity index (χ3n) is 5.40. The Bertz CT molecular complexity index is 856. The summed E-state index contributed by atoms with van der Waals surface area (Å²) in [6.07, 6.45) is 9.90. The molecule has 3 N–H and O–H groups in total. The Morgan fingerprint density at radius 1 is 1.18 bits per heavy atom. The van der Waals surface area contributed by atoms with Crippen LogP contribution in [0.2, 0.25) is 0 Å². The third kappa shape index (κ3) is 9.66. The van der Waals surface area contributed by atoms with E-state index >= 15 is 0 Å². The molecule has 1 aromatic carbocycles. The molecule has 5 nitrogen and oxygen atoms in total. The van der Waals surface area contributed by atoms with Gasteiger partial charge in [0.15, 0.2) is 0 Å². The summed E-state index contributed by atoms with van der Waals surface area (Å²) in [4.78, 5) is 9.79. The minimum absolute atomic E-state index is 0.324. The van der Waals surface area contributed by atoms with Crippen molar-refractivity contribution in [1.29, 1.82) is 0 Å². The first-order chi connectivity index (χ1) is 16.1. The highest BCUT2D eigenvalue weighted by atomic mass is 32.2. The van der Waals surface area contributed by atoms with Crippen molar-refractivity contribution in [2.75, 3.05) is 32.4 Å². The van der Waals surface area contributed by atoms with E-state index in [0.717, 1.165) is 41.7 Å². The van der Waals surface area contributed by atoms with Gasteiger partial charge >= 0.3 is 0 Å². The summed E-state index contributed by atoms with van der Waals surface area (Å²) >= 11 is 1.60. The number of nitrogens with one attached hydrogen (secondary N) is 3. The van der Waals surface area contributed by atoms with Gasteiger partial charge in [-0.05, 0) is 57.3 Å². The molecule has 1 aromatic rings. The van der Waals surface area contributed by atoms with Crippen molar-refractivity contribution >= 4 is 30.0 Å². The number of allylic oxidation sites excluding steroid dienone is 2. The Morgan fingerprint density at radius 3 is 2.64 bits per heavy atom. The zero-order valence-electron chi connectivity index (χ0n) is 20.0. The van der Waals surface area contributed by atoms with Gasteiger partial charge in [0.1, 0.15) is 5.82 Å². The Labute approximate surface area is 202 Å². The van der Waals surface area contributed by atoms with Gasteiger partial charge in [0.25, 0.3) is 0 Å². The lowest BCUT2D eigenvalue weighted by Crippen LogP contribution is -2.26. The monoisotopic (exact) mass is 471 g/mol. The first kappa shape index (κ1) is 27.0. The molecule has 0 spiro atoms. The predicted octanol–water partition coefficient (Wildman–Crippen LogP) is 5.15. The van der Waals surface area contributed by atoms with Crippen LogP contribution >= 0.6 is 11.8 Å². The Morgan fingerprint density at radius 2 is 1.94 bits per heavy atom. The van der Waals surface area contributed by atoms with Gasteiger partial charge in [-0.25, -0.2) is 4.39 Å². The molecule has 7 heteroatoms. The van der Waals surface area contributed by atoms with E-state index in [-0.39, 0.29) is 5.82 Å². The van der Waals surface area contributed by atoms with Gasteiger partial charge in [0.2, 0.25) is 0 Å². The molecule has 0 saturated heterocycles. The van der Waals surface area contributed by atoms with Crippen molar-refractivity contribution in [1.82, 2.24) is 16.0 Å². The second-order valence-electron chi connectivity index (χ2n) is 8.03. The molecule has 1 aliphatic carbocycles. The fraction of sp³-hybridized carbons (Fsp3) is 0.462. The van der Waals surface area contributed by atoms with Crippen molar-refractivity contribution < 1.29 is 4.39 Å². The van der Waals surface area contributed by atoms with Gasteiger partial charge in [-0.1, -0.05) is 38.0 Å². The molecule has 0 aliphatic heterocycles. The van der Waals surface area contributed by atoms with E-state index in [9.17, 15) is 4.39 Å². The van der Waals surface area contributed by atoms with E-state index in [1.807, 2.05) is 26.2 Å². The maximum atomic E-state index is 14.5. The van der Waals surface area contributed by atoms with Crippen LogP contribution in [0.25, 0.3) is 5.70 Å². The first-order valence-electron chi connectivity index (χ1n) is 11.7. The van der Waals surface area contributed by atoms with E-state index in [4.69, 9.17) is 4.99 Å². The van der Waals surface area contributed by atoms with Gasteiger partial charge in [0, 0.05) is 42.1 Å². The topological polar surface area (TPSA) is 60.8 Å². The average molecular weight is 472 g/mol. The Kier molecular flexibility index (Phi) is 12.8. The van der Waals surface area contributed by atoms with Crippen molar-refractivity contribution in [2.45, 2.75) is 45.1 Å². The number of thioether (sulfide) groups is 1. The van der Waals surface area contributed by atoms with E-state index in [0.29, 0.717) is 17.3 Å². The SMILES string of the molecule is C=N/C(=C(\SCCNCCNC)C(=C)/C=C\NC(C)=NC1CCCCC1)c1ccccc1F. The second-order valence-corrected chi connectivity index (χ2v) is 9.13. The van der Waals surface area contributed by atoms with Crippen molar-refractivity contribution in [2.24, 2.45) is 9.98 Å². The van der Waals surface area contributed by atoms with Crippen LogP contribution in [-0.4, -0.2) is 51.0 Å². The largest absolute Gasteiger partial charge is 0.351 e. The highest BCUT2D eigenvalue weighted by Gasteiger charge is 2.15. The zero-order valence-corrected chi connectivity index (χ0v) is 20.8. The molecule has 0 aromatic heterocycles. The minimum Gasteiger partial charge on any atom is -0.351 e. The van der Waals surface area contributed by atoms with Crippen molar-refractivity contribution in [3.05, 3.63) is 65.0 Å². The molecular formula is C26H38FN5S. The van der Waals surface area contributed by atoms with Crippen LogP contribution in [0.1, 0.15) is 44.6 Å². The molecule has 0 heterocycles. The number of nitrogens with zero attached hydrogens (tertiary/aromatic N) is 2. The van der Waals surface area contributed by atoms with Crippen LogP contribution in [0, 0.1) is 5.82 Å². The number of rotatable bonds is 13. The van der Waals surface area contributed by atoms with E-state index in [1.165, 1.54) is 38.2 Å². The van der Waals surface area contributed by atoms with Crippen LogP contribution in [0.5, 0.6) is 0 Å². The molecule has 1 fully saturated rings. The normalized spacial score (nSPS) is 16.0. The molecule has 33 heavy (non-hydrogen) atoms. The van der Waals surface area contributed by atoms with Gasteiger partial charge < -0.3 is 16.0 Å². The first-order valence-corrected chi connectivity index (χ1v) is 12.7. The quantitative estimate of drug-likeness (QED) is 0.161. The maximum absolute atomic E-state index is 14.5. The van der Waals surface area contributed by atoms with Crippen molar-refractivity contribution in [3.63, 3.8) is 0 Å². The third-order valence-corrected chi connectivity index (χ3v) is 6.55. The van der Waals surface area contributed by atoms with Crippen LogP contribution < -0.4 is 16.0 Å². The highest BCUT2D eigenvalue weighted by Crippen LogP contribution is 2.34. The summed E-state index contributed by atoms with van der Waals surface area (Å²) in [5.74, 6) is 1.37. The van der Waals surface area contributed by atoms with E-state index < -0.39 is 0 Å². The number of aliphatic imine (C=N–C) groups is 2. The van der Waals surface area contributed by atoms with Crippen molar-refractivity contribution in [3.8, 4) is 0 Å². The number of amidine groups is 1. The highest BCUT2D eigenvalue weighted by molar-refractivity contribution is 8.03. The number of halogens is 1. The smallest absolute Gasteiger partial charge is 0.132 e. The summed E-state index contributed by atoms with van der Waals surface area (Å²) in [7, 11) is 1.93. The molecule has 0 amide bonds. The molecule has 0 bridgehead atoms. The summed E-state index contributed by atoms with van der Waals surface area (Å²) in [5.41, 5.74) is 1.69. The molecule has 180 valence electrons. The lowest BCUT2D eigenvalue weighted by molar-refractivity contribution is 0.442. The fourth-order valence-electron chi connectivity index (χ4n) is 3.67. The number of benzene rings is 1. The number of hydrogen-bond acceptors (Lipinski definition) is 5. The minimum atomic E-state index is -0.324. The van der Waals surface area contributed by atoms with E-state index in [2.05, 4.69) is 34.2 Å². The number of likely N-dealkylation sites (N-methyl/N-ethyl adjacent to an activating group) is 1. The molecule has 0 radical (unpaired) electrons. The summed E-state index contributed by atoms with van der Waals surface area (Å²) in [6.45, 7) is 12.5. The molecule has 0 atom stereocenters. The Hall–Kier alpha value is -2.22. The molecule has 2 rings (SSSR count). The maximum Gasteiger partial charge on any atom is 0.132 e. The Balaban J connectivity index is 2.13. The second kappa shape index (κ2) is 15.6. The fourth-order valence-corrected chi connectivity index (χ4v) is 4.68. The number of hydrogen-bond donors (Lipinski definition) is 3. The summed E-state index contributed by atoms with van der Waals surface area (Å²) in [5, 5.41) is 9.75. The van der Waals surface area contributed by atoms with Crippen LogP contribution in [0.4, 0.5) is 4.39 Å². The average Bonchev–Trinajstić information content (AvgIpc) is 2.82. The lowest BCUT2D eigenvalue weighted by atomic mass is 9.96. The molecule has 0 unspecified atom stereocenters. The van der Waals surface area contributed by atoms with Crippen LogP contribution in [0.15, 0.2) is 63.6 Å². The molecule has 1 aliphatic rings. The van der Waals surface area contributed by atoms with E-state index in [1.54, 1.807) is 30.0 Å². The lowest BCUT2D eigenvalue weighted by Gasteiger charge is -2.18. The standard InChI is InChI=1S/C26H38FN5S/c1-20(14-15-31-21(2)32-22-10-6-5-7-11-22)26(33-19-18-30-17-16-28-3)25(29-4)23-12-8-9-13-24(23)27/h8-9,12-15,22,28,30H,1,4-7,10-11,16-19H2,2-3H3,(H,31,32)/b15-14-,26-25-. The van der Waals surface area contributed by atoms with Gasteiger partial charge in [-0.15, -0.1) is 11.8 Å². The van der Waals surface area contributed by atoms with Gasteiger partial charge in [-0.3, -0.25) is 9.98 Å². The van der Waals surface area contributed by atoms with Crippen LogP contribution in [-0.2, 0) is 0 Å². The van der Waals surface area contributed by atoms with Gasteiger partial charge in [0.05, 0.1) is 17.6 Å². The zero-order chi connectivity index (χ0) is 23.9.